The summed E-state index contributed by atoms with van der Waals surface area (Å²) in [5.74, 6) is -0.134. The molecule has 0 aliphatic heterocycles. The number of hydrogen-bond acceptors (Lipinski definition) is 4. The number of anilines is 1. The summed E-state index contributed by atoms with van der Waals surface area (Å²) in [5.41, 5.74) is 0.939. The van der Waals surface area contributed by atoms with Gasteiger partial charge in [0.1, 0.15) is 12.3 Å². The third-order valence-electron chi connectivity index (χ3n) is 4.54. The van der Waals surface area contributed by atoms with E-state index in [9.17, 15) is 13.2 Å². The second-order valence-corrected chi connectivity index (χ2v) is 9.44. The minimum Gasteiger partial charge on any atom is -0.492 e. The van der Waals surface area contributed by atoms with Crippen LogP contribution in [0.4, 0.5) is 5.69 Å². The van der Waals surface area contributed by atoms with Gasteiger partial charge in [-0.05, 0) is 48.9 Å². The molecular formula is C23H22Cl2N2O4S. The Morgan fingerprint density at radius 1 is 1.00 bits per heavy atom. The van der Waals surface area contributed by atoms with Gasteiger partial charge in [0.05, 0.1) is 17.2 Å². The van der Waals surface area contributed by atoms with E-state index in [-0.39, 0.29) is 17.1 Å². The Morgan fingerprint density at radius 3 is 2.38 bits per heavy atom. The zero-order chi connectivity index (χ0) is 23.1. The molecule has 0 radical (unpaired) electrons. The van der Waals surface area contributed by atoms with E-state index in [0.29, 0.717) is 28.0 Å². The number of ether oxygens (including phenoxy) is 1. The van der Waals surface area contributed by atoms with Gasteiger partial charge in [0.25, 0.3) is 10.0 Å². The van der Waals surface area contributed by atoms with Gasteiger partial charge >= 0.3 is 0 Å². The van der Waals surface area contributed by atoms with Gasteiger partial charge in [-0.3, -0.25) is 9.10 Å². The summed E-state index contributed by atoms with van der Waals surface area (Å²) in [7, 11) is -4.04. The van der Waals surface area contributed by atoms with Crippen molar-refractivity contribution in [3.05, 3.63) is 88.4 Å². The highest BCUT2D eigenvalue weighted by Gasteiger charge is 2.29. The van der Waals surface area contributed by atoms with Gasteiger partial charge in [0, 0.05) is 16.6 Å². The molecule has 0 saturated heterocycles. The fourth-order valence-corrected chi connectivity index (χ4v) is 4.93. The SMILES string of the molecule is CCOc1ccccc1N(CC(=O)NCc1ccc(Cl)cc1Cl)S(=O)(=O)c1ccccc1. The van der Waals surface area contributed by atoms with E-state index >= 15 is 0 Å². The molecule has 32 heavy (non-hydrogen) atoms. The Labute approximate surface area is 197 Å². The second-order valence-electron chi connectivity index (χ2n) is 6.74. The number of nitrogens with one attached hydrogen (secondary N) is 1. The number of halogens is 2. The van der Waals surface area contributed by atoms with Crippen LogP contribution in [0.5, 0.6) is 5.75 Å². The summed E-state index contributed by atoms with van der Waals surface area (Å²) >= 11 is 12.1. The van der Waals surface area contributed by atoms with Crippen LogP contribution in [-0.2, 0) is 21.4 Å². The largest absolute Gasteiger partial charge is 0.492 e. The minimum absolute atomic E-state index is 0.0693. The lowest BCUT2D eigenvalue weighted by atomic mass is 10.2. The van der Waals surface area contributed by atoms with Crippen molar-refractivity contribution in [1.82, 2.24) is 5.32 Å². The topological polar surface area (TPSA) is 75.7 Å². The smallest absolute Gasteiger partial charge is 0.264 e. The molecule has 0 spiro atoms. The van der Waals surface area contributed by atoms with Gasteiger partial charge in [-0.2, -0.15) is 0 Å². The molecule has 0 heterocycles. The summed E-state index contributed by atoms with van der Waals surface area (Å²) in [5, 5.41) is 3.62. The maximum atomic E-state index is 13.4. The molecule has 0 aromatic heterocycles. The first kappa shape index (κ1) is 23.9. The molecule has 3 aromatic carbocycles. The van der Waals surface area contributed by atoms with E-state index in [2.05, 4.69) is 5.32 Å². The van der Waals surface area contributed by atoms with Crippen molar-refractivity contribution in [2.75, 3.05) is 17.5 Å². The van der Waals surface area contributed by atoms with Crippen molar-refractivity contribution in [3.8, 4) is 5.75 Å². The van der Waals surface area contributed by atoms with Crippen molar-refractivity contribution >= 4 is 44.8 Å². The quantitative estimate of drug-likeness (QED) is 0.460. The number of benzene rings is 3. The molecule has 1 amide bonds. The van der Waals surface area contributed by atoms with Crippen molar-refractivity contribution in [2.24, 2.45) is 0 Å². The minimum atomic E-state index is -4.04. The van der Waals surface area contributed by atoms with Gasteiger partial charge in [-0.25, -0.2) is 8.42 Å². The fraction of sp³-hybridized carbons (Fsp3) is 0.174. The number of carbonyl (C=O) groups is 1. The molecule has 1 N–H and O–H groups in total. The van der Waals surface area contributed by atoms with E-state index < -0.39 is 22.5 Å². The first-order valence-electron chi connectivity index (χ1n) is 9.83. The molecule has 0 fully saturated rings. The predicted octanol–water partition coefficient (Wildman–Crippen LogP) is 4.90. The summed E-state index contributed by atoms with van der Waals surface area (Å²) in [6, 6.07) is 19.6. The number of amides is 1. The lowest BCUT2D eigenvalue weighted by Gasteiger charge is -2.26. The molecule has 0 bridgehead atoms. The highest BCUT2D eigenvalue weighted by molar-refractivity contribution is 7.92. The average molecular weight is 493 g/mol. The number of rotatable bonds is 9. The van der Waals surface area contributed by atoms with Crippen LogP contribution in [0.15, 0.2) is 77.7 Å². The zero-order valence-corrected chi connectivity index (χ0v) is 19.6. The first-order valence-corrected chi connectivity index (χ1v) is 12.0. The first-order chi connectivity index (χ1) is 15.3. The number of nitrogens with zero attached hydrogens (tertiary/aromatic N) is 1. The third kappa shape index (κ3) is 5.73. The predicted molar refractivity (Wildman–Crippen MR) is 127 cm³/mol. The Bertz CT molecular complexity index is 1190. The van der Waals surface area contributed by atoms with E-state index in [4.69, 9.17) is 27.9 Å². The second kappa shape index (κ2) is 10.7. The molecule has 0 saturated carbocycles. The molecule has 0 unspecified atom stereocenters. The van der Waals surface area contributed by atoms with Crippen LogP contribution < -0.4 is 14.4 Å². The van der Waals surface area contributed by atoms with E-state index in [1.165, 1.54) is 12.1 Å². The van der Waals surface area contributed by atoms with Crippen LogP contribution in [0.25, 0.3) is 0 Å². The lowest BCUT2D eigenvalue weighted by Crippen LogP contribution is -2.41. The molecule has 3 aromatic rings. The maximum absolute atomic E-state index is 13.4. The highest BCUT2D eigenvalue weighted by atomic mass is 35.5. The zero-order valence-electron chi connectivity index (χ0n) is 17.3. The van der Waals surface area contributed by atoms with E-state index in [1.807, 2.05) is 0 Å². The van der Waals surface area contributed by atoms with Crippen LogP contribution in [-0.4, -0.2) is 27.5 Å². The van der Waals surface area contributed by atoms with Crippen LogP contribution in [0.1, 0.15) is 12.5 Å². The van der Waals surface area contributed by atoms with Gasteiger partial charge in [0.15, 0.2) is 0 Å². The van der Waals surface area contributed by atoms with Gasteiger partial charge in [-0.15, -0.1) is 0 Å². The van der Waals surface area contributed by atoms with Crippen LogP contribution in [0.2, 0.25) is 10.0 Å². The molecule has 0 atom stereocenters. The number of carbonyl (C=O) groups excluding carboxylic acids is 1. The summed E-state index contributed by atoms with van der Waals surface area (Å²) < 4.78 is 33.6. The molecule has 168 valence electrons. The fourth-order valence-electron chi connectivity index (χ4n) is 3.01. The Balaban J connectivity index is 1.90. The van der Waals surface area contributed by atoms with Crippen molar-refractivity contribution < 1.29 is 17.9 Å². The normalized spacial score (nSPS) is 11.1. The van der Waals surface area contributed by atoms with Crippen LogP contribution in [0, 0.1) is 0 Å². The summed E-state index contributed by atoms with van der Waals surface area (Å²) in [4.78, 5) is 12.9. The number of sulfonamides is 1. The molecule has 0 aliphatic rings. The number of hydrogen-bond donors (Lipinski definition) is 1. The molecule has 6 nitrogen and oxygen atoms in total. The third-order valence-corrected chi connectivity index (χ3v) is 6.90. The van der Waals surface area contributed by atoms with Crippen LogP contribution >= 0.6 is 23.2 Å². The molecule has 3 rings (SSSR count). The van der Waals surface area contributed by atoms with Crippen LogP contribution in [0.3, 0.4) is 0 Å². The van der Waals surface area contributed by atoms with E-state index in [1.54, 1.807) is 67.6 Å². The Kier molecular flexibility index (Phi) is 8.01. The van der Waals surface area contributed by atoms with Gasteiger partial charge in [0.2, 0.25) is 5.91 Å². The van der Waals surface area contributed by atoms with E-state index in [0.717, 1.165) is 4.31 Å². The summed E-state index contributed by atoms with van der Waals surface area (Å²) in [6.45, 7) is 1.83. The monoisotopic (exact) mass is 492 g/mol. The van der Waals surface area contributed by atoms with Gasteiger partial charge < -0.3 is 10.1 Å². The lowest BCUT2D eigenvalue weighted by molar-refractivity contribution is -0.119. The van der Waals surface area contributed by atoms with Crippen molar-refractivity contribution in [2.45, 2.75) is 18.4 Å². The molecular weight excluding hydrogens is 471 g/mol. The highest BCUT2D eigenvalue weighted by Crippen LogP contribution is 2.32. The molecule has 0 aliphatic carbocycles. The summed E-state index contributed by atoms with van der Waals surface area (Å²) in [6.07, 6.45) is 0. The standard InChI is InChI=1S/C23H22Cl2N2O4S/c1-2-31-22-11-7-6-10-21(22)27(32(29,30)19-8-4-3-5-9-19)16-23(28)26-15-17-12-13-18(24)14-20(17)25/h3-14H,2,15-16H2,1H3,(H,26,28). The molecule has 9 heteroatoms. The number of para-hydroxylation sites is 2. The van der Waals surface area contributed by atoms with Crippen molar-refractivity contribution in [3.63, 3.8) is 0 Å². The average Bonchev–Trinajstić information content (AvgIpc) is 2.78. The van der Waals surface area contributed by atoms with Crippen molar-refractivity contribution in [1.29, 1.82) is 0 Å². The maximum Gasteiger partial charge on any atom is 0.264 e. The van der Waals surface area contributed by atoms with Gasteiger partial charge in [-0.1, -0.05) is 59.6 Å². The Morgan fingerprint density at radius 2 is 1.69 bits per heavy atom. The Hall–Kier alpha value is -2.74.